The molecule has 2 heterocycles. The number of hydrogen-bond acceptors (Lipinski definition) is 3. The third-order valence-electron chi connectivity index (χ3n) is 3.71. The quantitative estimate of drug-likeness (QED) is 0.767. The average Bonchev–Trinajstić information content (AvgIpc) is 2.84. The molecule has 1 aliphatic heterocycles. The second-order valence-electron chi connectivity index (χ2n) is 5.47. The Kier molecular flexibility index (Phi) is 5.02. The van der Waals surface area contributed by atoms with Crippen molar-refractivity contribution in [3.8, 4) is 5.75 Å². The Bertz CT molecular complexity index is 618. The molecule has 0 radical (unpaired) electrons. The number of fused-ring (bicyclic) bond motifs is 1. The van der Waals surface area contributed by atoms with Crippen LogP contribution < -0.4 is 4.74 Å². The Hall–Kier alpha value is -0.970. The van der Waals surface area contributed by atoms with Gasteiger partial charge in [0, 0.05) is 16.6 Å². The highest BCUT2D eigenvalue weighted by atomic mass is 79.9. The second-order valence-corrected chi connectivity index (χ2v) is 6.27. The minimum atomic E-state index is 0. The molecule has 0 saturated carbocycles. The molecule has 5 heteroatoms. The number of nitrogens with zero attached hydrogens (tertiary/aromatic N) is 1. The molecule has 1 atom stereocenters. The van der Waals surface area contributed by atoms with E-state index in [1.165, 1.54) is 16.7 Å². The molecule has 0 aliphatic carbocycles. The van der Waals surface area contributed by atoms with Gasteiger partial charge in [0.25, 0.3) is 0 Å². The molecule has 0 amide bonds. The van der Waals surface area contributed by atoms with E-state index in [1.54, 1.807) is 6.26 Å². The van der Waals surface area contributed by atoms with Crippen LogP contribution in [0, 0.1) is 13.8 Å². The monoisotopic (exact) mass is 371 g/mol. The fourth-order valence-electron chi connectivity index (χ4n) is 2.70. The molecular formula is C16H19BrClNO2. The minimum Gasteiger partial charge on any atom is -0.484 e. The first kappa shape index (κ1) is 16.4. The van der Waals surface area contributed by atoms with Gasteiger partial charge in [0.1, 0.15) is 17.6 Å². The molecule has 2 aromatic rings. The van der Waals surface area contributed by atoms with Gasteiger partial charge in [-0.3, -0.25) is 4.90 Å². The summed E-state index contributed by atoms with van der Waals surface area (Å²) in [7, 11) is 2.08. The molecule has 1 aliphatic rings. The molecule has 0 bridgehead atoms. The lowest BCUT2D eigenvalue weighted by Gasteiger charge is -2.29. The molecule has 1 unspecified atom stereocenters. The van der Waals surface area contributed by atoms with Crippen molar-refractivity contribution in [2.24, 2.45) is 0 Å². The van der Waals surface area contributed by atoms with Gasteiger partial charge in [0.15, 0.2) is 0 Å². The normalized spacial score (nSPS) is 18.0. The van der Waals surface area contributed by atoms with Crippen molar-refractivity contribution in [1.29, 1.82) is 0 Å². The predicted octanol–water partition coefficient (Wildman–Crippen LogP) is 4.65. The second kappa shape index (κ2) is 6.42. The van der Waals surface area contributed by atoms with E-state index in [-0.39, 0.29) is 18.5 Å². The lowest BCUT2D eigenvalue weighted by Crippen LogP contribution is -2.32. The van der Waals surface area contributed by atoms with Crippen LogP contribution in [0.4, 0.5) is 0 Å². The summed E-state index contributed by atoms with van der Waals surface area (Å²) in [6, 6.07) is 6.17. The van der Waals surface area contributed by atoms with Crippen molar-refractivity contribution in [3.63, 3.8) is 0 Å². The van der Waals surface area contributed by atoms with Gasteiger partial charge >= 0.3 is 0 Å². The Morgan fingerprint density at radius 2 is 1.95 bits per heavy atom. The first-order valence-corrected chi connectivity index (χ1v) is 7.52. The first-order chi connectivity index (χ1) is 9.54. The summed E-state index contributed by atoms with van der Waals surface area (Å²) in [4.78, 5) is 2.22. The molecule has 1 aromatic heterocycles. The Morgan fingerprint density at radius 3 is 2.62 bits per heavy atom. The Balaban J connectivity index is 0.00000161. The number of aryl methyl sites for hydroxylation is 2. The molecule has 1 aromatic carbocycles. The third kappa shape index (κ3) is 3.28. The Labute approximate surface area is 139 Å². The zero-order valence-corrected chi connectivity index (χ0v) is 14.8. The third-order valence-corrected chi connectivity index (χ3v) is 4.96. The molecule has 3 rings (SSSR count). The number of benzene rings is 1. The van der Waals surface area contributed by atoms with Gasteiger partial charge in [-0.25, -0.2) is 0 Å². The highest BCUT2D eigenvalue weighted by Crippen LogP contribution is 2.33. The standard InChI is InChI=1S/C16H18BrNO2.ClH/c1-10-6-12(7-11(2)16(10)17)20-15-9-18(3)8-14-13(15)4-5-19-14;/h4-7,15H,8-9H2,1-3H3;1H. The van der Waals surface area contributed by atoms with E-state index >= 15 is 0 Å². The van der Waals surface area contributed by atoms with Gasteiger partial charge in [0.2, 0.25) is 0 Å². The van der Waals surface area contributed by atoms with Crippen LogP contribution in [0.2, 0.25) is 0 Å². The van der Waals surface area contributed by atoms with Crippen LogP contribution in [-0.2, 0) is 6.54 Å². The maximum Gasteiger partial charge on any atom is 0.140 e. The lowest BCUT2D eigenvalue weighted by molar-refractivity contribution is 0.120. The lowest BCUT2D eigenvalue weighted by atomic mass is 10.1. The summed E-state index contributed by atoms with van der Waals surface area (Å²) in [5, 5.41) is 0. The minimum absolute atomic E-state index is 0. The van der Waals surface area contributed by atoms with Gasteiger partial charge in [-0.1, -0.05) is 15.9 Å². The van der Waals surface area contributed by atoms with E-state index in [0.717, 1.165) is 29.1 Å². The van der Waals surface area contributed by atoms with Crippen molar-refractivity contribution in [3.05, 3.63) is 51.4 Å². The summed E-state index contributed by atoms with van der Waals surface area (Å²) >= 11 is 3.59. The number of furan rings is 1. The number of halogens is 2. The summed E-state index contributed by atoms with van der Waals surface area (Å²) in [6.45, 7) is 5.89. The van der Waals surface area contributed by atoms with Crippen LogP contribution >= 0.6 is 28.3 Å². The molecule has 0 spiro atoms. The highest BCUT2D eigenvalue weighted by molar-refractivity contribution is 9.10. The van der Waals surface area contributed by atoms with Crippen molar-refractivity contribution in [2.75, 3.05) is 13.6 Å². The zero-order valence-electron chi connectivity index (χ0n) is 12.4. The summed E-state index contributed by atoms with van der Waals surface area (Å²) in [5.74, 6) is 1.92. The van der Waals surface area contributed by atoms with E-state index in [1.807, 2.05) is 6.07 Å². The van der Waals surface area contributed by atoms with Crippen LogP contribution in [0.25, 0.3) is 0 Å². The van der Waals surface area contributed by atoms with Crippen LogP contribution in [0.1, 0.15) is 28.6 Å². The average molecular weight is 373 g/mol. The topological polar surface area (TPSA) is 25.6 Å². The molecule has 0 fully saturated rings. The Morgan fingerprint density at radius 1 is 1.29 bits per heavy atom. The maximum absolute atomic E-state index is 6.20. The van der Waals surface area contributed by atoms with Gasteiger partial charge in [-0.2, -0.15) is 0 Å². The van der Waals surface area contributed by atoms with Crippen molar-refractivity contribution in [2.45, 2.75) is 26.5 Å². The van der Waals surface area contributed by atoms with Gasteiger partial charge in [-0.05, 0) is 50.2 Å². The van der Waals surface area contributed by atoms with E-state index < -0.39 is 0 Å². The summed E-state index contributed by atoms with van der Waals surface area (Å²) < 4.78 is 12.9. The van der Waals surface area contributed by atoms with Crippen molar-refractivity contribution < 1.29 is 9.15 Å². The maximum atomic E-state index is 6.20. The van der Waals surface area contributed by atoms with Gasteiger partial charge in [-0.15, -0.1) is 12.4 Å². The van der Waals surface area contributed by atoms with Crippen LogP contribution in [0.15, 0.2) is 33.4 Å². The molecule has 21 heavy (non-hydrogen) atoms. The summed E-state index contributed by atoms with van der Waals surface area (Å²) in [5.41, 5.74) is 3.55. The van der Waals surface area contributed by atoms with Crippen molar-refractivity contribution in [1.82, 2.24) is 4.90 Å². The van der Waals surface area contributed by atoms with E-state index in [9.17, 15) is 0 Å². The predicted molar refractivity (Wildman–Crippen MR) is 89.3 cm³/mol. The van der Waals surface area contributed by atoms with Gasteiger partial charge in [0.05, 0.1) is 12.8 Å². The summed E-state index contributed by atoms with van der Waals surface area (Å²) in [6.07, 6.45) is 1.78. The molecule has 114 valence electrons. The number of ether oxygens (including phenoxy) is 1. The fourth-order valence-corrected chi connectivity index (χ4v) is 2.93. The van der Waals surface area contributed by atoms with E-state index in [2.05, 4.69) is 53.9 Å². The SMILES string of the molecule is Cc1cc(OC2CN(C)Cc3occc32)cc(C)c1Br.Cl. The van der Waals surface area contributed by atoms with Gasteiger partial charge < -0.3 is 9.15 Å². The smallest absolute Gasteiger partial charge is 0.140 e. The zero-order chi connectivity index (χ0) is 14.3. The van der Waals surface area contributed by atoms with Crippen molar-refractivity contribution >= 4 is 28.3 Å². The number of likely N-dealkylation sites (N-methyl/N-ethyl adjacent to an activating group) is 1. The van der Waals surface area contributed by atoms with Crippen LogP contribution in [0.3, 0.4) is 0 Å². The number of hydrogen-bond donors (Lipinski definition) is 0. The molecule has 0 N–H and O–H groups in total. The first-order valence-electron chi connectivity index (χ1n) is 6.73. The molecule has 0 saturated heterocycles. The number of rotatable bonds is 2. The van der Waals surface area contributed by atoms with Crippen LogP contribution in [-0.4, -0.2) is 18.5 Å². The highest BCUT2D eigenvalue weighted by Gasteiger charge is 2.27. The van der Waals surface area contributed by atoms with E-state index in [0.29, 0.717) is 0 Å². The van der Waals surface area contributed by atoms with Crippen LogP contribution in [0.5, 0.6) is 5.75 Å². The largest absolute Gasteiger partial charge is 0.484 e. The molecular weight excluding hydrogens is 354 g/mol. The van der Waals surface area contributed by atoms with E-state index in [4.69, 9.17) is 9.15 Å². The fraction of sp³-hybridized carbons (Fsp3) is 0.375. The molecule has 3 nitrogen and oxygen atoms in total.